The van der Waals surface area contributed by atoms with Crippen LogP contribution >= 0.6 is 0 Å². The summed E-state index contributed by atoms with van der Waals surface area (Å²) in [7, 11) is -3.53. The summed E-state index contributed by atoms with van der Waals surface area (Å²) in [6.07, 6.45) is 4.72. The predicted octanol–water partition coefficient (Wildman–Crippen LogP) is 2.22. The lowest BCUT2D eigenvalue weighted by Gasteiger charge is -2.28. The van der Waals surface area contributed by atoms with Gasteiger partial charge in [-0.15, -0.1) is 0 Å². The summed E-state index contributed by atoms with van der Waals surface area (Å²) in [5.41, 5.74) is 1.14. The van der Waals surface area contributed by atoms with Crippen molar-refractivity contribution < 1.29 is 13.5 Å². The first-order valence-electron chi connectivity index (χ1n) is 7.32. The van der Waals surface area contributed by atoms with Crippen molar-refractivity contribution in [3.05, 3.63) is 29.8 Å². The minimum atomic E-state index is -3.53. The quantitative estimate of drug-likeness (QED) is 0.876. The molecule has 1 aliphatic rings. The van der Waals surface area contributed by atoms with E-state index in [0.29, 0.717) is 12.8 Å². The van der Waals surface area contributed by atoms with Crippen LogP contribution in [0.4, 0.5) is 0 Å². The second-order valence-electron chi connectivity index (χ2n) is 5.47. The van der Waals surface area contributed by atoms with E-state index < -0.39 is 16.1 Å². The van der Waals surface area contributed by atoms with Crippen LogP contribution in [0.2, 0.25) is 0 Å². The number of aliphatic hydroxyl groups is 1. The topological polar surface area (TPSA) is 66.4 Å². The molecule has 0 spiro atoms. The Morgan fingerprint density at radius 3 is 2.45 bits per heavy atom. The Bertz CT molecular complexity index is 525. The van der Waals surface area contributed by atoms with E-state index in [9.17, 15) is 13.5 Å². The molecule has 2 rings (SSSR count). The zero-order valence-electron chi connectivity index (χ0n) is 11.9. The van der Waals surface area contributed by atoms with Crippen LogP contribution in [0, 0.1) is 0 Å². The van der Waals surface area contributed by atoms with Gasteiger partial charge in [0.15, 0.2) is 0 Å². The van der Waals surface area contributed by atoms with Gasteiger partial charge < -0.3 is 5.11 Å². The SMILES string of the molecule is CCCc1ccc(S(=O)(=O)N[C@H]2CCCC[C@@H]2O)cc1. The number of aliphatic hydroxyl groups excluding tert-OH is 1. The van der Waals surface area contributed by atoms with E-state index in [0.717, 1.165) is 31.2 Å². The Balaban J connectivity index is 2.09. The number of sulfonamides is 1. The molecule has 2 N–H and O–H groups in total. The second-order valence-corrected chi connectivity index (χ2v) is 7.19. The first kappa shape index (κ1) is 15.5. The van der Waals surface area contributed by atoms with Crippen molar-refractivity contribution in [1.29, 1.82) is 0 Å². The third kappa shape index (κ3) is 3.81. The van der Waals surface area contributed by atoms with E-state index in [1.165, 1.54) is 0 Å². The number of nitrogens with one attached hydrogen (secondary N) is 1. The minimum absolute atomic E-state index is 0.273. The van der Waals surface area contributed by atoms with Gasteiger partial charge in [0.1, 0.15) is 0 Å². The van der Waals surface area contributed by atoms with E-state index >= 15 is 0 Å². The summed E-state index contributed by atoms with van der Waals surface area (Å²) in [6.45, 7) is 2.09. The fraction of sp³-hybridized carbons (Fsp3) is 0.600. The number of hydrogen-bond acceptors (Lipinski definition) is 3. The average Bonchev–Trinajstić information content (AvgIpc) is 2.42. The van der Waals surface area contributed by atoms with Crippen LogP contribution in [0.15, 0.2) is 29.2 Å². The highest BCUT2D eigenvalue weighted by Gasteiger charge is 2.27. The van der Waals surface area contributed by atoms with Crippen molar-refractivity contribution in [3.63, 3.8) is 0 Å². The van der Waals surface area contributed by atoms with Gasteiger partial charge in [-0.05, 0) is 37.0 Å². The summed E-state index contributed by atoms with van der Waals surface area (Å²) >= 11 is 0. The highest BCUT2D eigenvalue weighted by atomic mass is 32.2. The van der Waals surface area contributed by atoms with Gasteiger partial charge in [0.2, 0.25) is 10.0 Å². The Kier molecular flexibility index (Phi) is 5.18. The van der Waals surface area contributed by atoms with Crippen LogP contribution in [-0.2, 0) is 16.4 Å². The summed E-state index contributed by atoms with van der Waals surface area (Å²) in [4.78, 5) is 0.273. The Morgan fingerprint density at radius 1 is 1.20 bits per heavy atom. The molecule has 20 heavy (non-hydrogen) atoms. The highest BCUT2D eigenvalue weighted by Crippen LogP contribution is 2.21. The molecule has 0 saturated heterocycles. The maximum Gasteiger partial charge on any atom is 0.240 e. The minimum Gasteiger partial charge on any atom is -0.391 e. The van der Waals surface area contributed by atoms with Crippen molar-refractivity contribution in [3.8, 4) is 0 Å². The lowest BCUT2D eigenvalue weighted by molar-refractivity contribution is 0.101. The molecule has 0 unspecified atom stereocenters. The van der Waals surface area contributed by atoms with Gasteiger partial charge in [0, 0.05) is 6.04 Å². The molecule has 0 amide bonds. The van der Waals surface area contributed by atoms with Gasteiger partial charge in [-0.2, -0.15) is 0 Å². The first-order chi connectivity index (χ1) is 9.53. The third-order valence-electron chi connectivity index (χ3n) is 3.81. The third-order valence-corrected chi connectivity index (χ3v) is 5.31. The van der Waals surface area contributed by atoms with E-state index in [-0.39, 0.29) is 10.9 Å². The molecule has 1 fully saturated rings. The van der Waals surface area contributed by atoms with E-state index in [2.05, 4.69) is 11.6 Å². The largest absolute Gasteiger partial charge is 0.391 e. The molecule has 1 saturated carbocycles. The summed E-state index contributed by atoms with van der Waals surface area (Å²) < 4.78 is 27.2. The van der Waals surface area contributed by atoms with Crippen molar-refractivity contribution in [2.75, 3.05) is 0 Å². The zero-order valence-corrected chi connectivity index (χ0v) is 12.7. The molecular formula is C15H23NO3S. The number of benzene rings is 1. The molecule has 2 atom stereocenters. The van der Waals surface area contributed by atoms with Crippen LogP contribution in [-0.4, -0.2) is 25.7 Å². The normalized spacial score (nSPS) is 23.7. The molecule has 0 radical (unpaired) electrons. The van der Waals surface area contributed by atoms with Gasteiger partial charge >= 0.3 is 0 Å². The summed E-state index contributed by atoms with van der Waals surface area (Å²) in [5.74, 6) is 0. The molecule has 1 aromatic rings. The van der Waals surface area contributed by atoms with Crippen LogP contribution < -0.4 is 4.72 Å². The molecule has 0 bridgehead atoms. The molecule has 0 aliphatic heterocycles. The van der Waals surface area contributed by atoms with Crippen molar-refractivity contribution in [2.45, 2.75) is 62.5 Å². The van der Waals surface area contributed by atoms with Crippen LogP contribution in [0.5, 0.6) is 0 Å². The number of hydrogen-bond donors (Lipinski definition) is 2. The predicted molar refractivity (Wildman–Crippen MR) is 79.0 cm³/mol. The van der Waals surface area contributed by atoms with E-state index in [1.54, 1.807) is 12.1 Å². The Hall–Kier alpha value is -0.910. The zero-order chi connectivity index (χ0) is 14.6. The second kappa shape index (κ2) is 6.70. The van der Waals surface area contributed by atoms with Crippen LogP contribution in [0.3, 0.4) is 0 Å². The summed E-state index contributed by atoms with van der Waals surface area (Å²) in [6, 6.07) is 6.64. The molecule has 0 heterocycles. The number of rotatable bonds is 5. The standard InChI is InChI=1S/C15H23NO3S/c1-2-5-12-8-10-13(11-9-12)20(18,19)16-14-6-3-4-7-15(14)17/h8-11,14-17H,2-7H2,1H3/t14-,15-/m0/s1. The molecule has 1 aliphatic carbocycles. The van der Waals surface area contributed by atoms with Crippen molar-refractivity contribution >= 4 is 10.0 Å². The highest BCUT2D eigenvalue weighted by molar-refractivity contribution is 7.89. The summed E-state index contributed by atoms with van der Waals surface area (Å²) in [5, 5.41) is 9.87. The Labute approximate surface area is 121 Å². The molecule has 0 aromatic heterocycles. The average molecular weight is 297 g/mol. The van der Waals surface area contributed by atoms with Crippen LogP contribution in [0.1, 0.15) is 44.6 Å². The molecule has 112 valence electrons. The Morgan fingerprint density at radius 2 is 1.85 bits per heavy atom. The van der Waals surface area contributed by atoms with E-state index in [4.69, 9.17) is 0 Å². The van der Waals surface area contributed by atoms with E-state index in [1.807, 2.05) is 12.1 Å². The smallest absolute Gasteiger partial charge is 0.240 e. The number of aryl methyl sites for hydroxylation is 1. The molecule has 4 nitrogen and oxygen atoms in total. The molecule has 5 heteroatoms. The maximum absolute atomic E-state index is 12.3. The van der Waals surface area contributed by atoms with Crippen molar-refractivity contribution in [1.82, 2.24) is 4.72 Å². The van der Waals surface area contributed by atoms with Gasteiger partial charge in [0.05, 0.1) is 11.0 Å². The van der Waals surface area contributed by atoms with Crippen molar-refractivity contribution in [2.24, 2.45) is 0 Å². The lowest BCUT2D eigenvalue weighted by Crippen LogP contribution is -2.44. The van der Waals surface area contributed by atoms with Gasteiger partial charge in [-0.3, -0.25) is 0 Å². The van der Waals surface area contributed by atoms with Gasteiger partial charge in [-0.1, -0.05) is 38.3 Å². The monoisotopic (exact) mass is 297 g/mol. The maximum atomic E-state index is 12.3. The fourth-order valence-electron chi connectivity index (χ4n) is 2.64. The van der Waals surface area contributed by atoms with Gasteiger partial charge in [-0.25, -0.2) is 13.1 Å². The lowest BCUT2D eigenvalue weighted by atomic mass is 9.93. The van der Waals surface area contributed by atoms with Gasteiger partial charge in [0.25, 0.3) is 0 Å². The first-order valence-corrected chi connectivity index (χ1v) is 8.80. The van der Waals surface area contributed by atoms with Crippen LogP contribution in [0.25, 0.3) is 0 Å². The fourth-order valence-corrected chi connectivity index (χ4v) is 3.94. The molecule has 1 aromatic carbocycles. The molecular weight excluding hydrogens is 274 g/mol.